The van der Waals surface area contributed by atoms with Crippen LogP contribution in [-0.2, 0) is 6.61 Å². The third-order valence-corrected chi connectivity index (χ3v) is 4.38. The third-order valence-electron chi connectivity index (χ3n) is 4.14. The van der Waals surface area contributed by atoms with E-state index in [2.05, 4.69) is 65.2 Å². The van der Waals surface area contributed by atoms with Gasteiger partial charge in [-0.05, 0) is 48.5 Å². The van der Waals surface area contributed by atoms with E-state index in [0.29, 0.717) is 11.7 Å². The molecule has 0 aliphatic rings. The second-order valence-corrected chi connectivity index (χ2v) is 6.61. The summed E-state index contributed by atoms with van der Waals surface area (Å²) >= 11 is 5.16. The molecule has 138 valence electrons. The molecule has 0 radical (unpaired) electrons. The highest BCUT2D eigenvalue weighted by Crippen LogP contribution is 2.27. The lowest BCUT2D eigenvalue weighted by Crippen LogP contribution is -2.31. The van der Waals surface area contributed by atoms with Crippen molar-refractivity contribution in [1.29, 1.82) is 0 Å². The van der Waals surface area contributed by atoms with E-state index in [1.165, 1.54) is 5.56 Å². The maximum Gasteiger partial charge on any atom is 0.186 e. The van der Waals surface area contributed by atoms with Crippen LogP contribution in [0.3, 0.4) is 0 Å². The predicted molar refractivity (Wildman–Crippen MR) is 116 cm³/mol. The summed E-state index contributed by atoms with van der Waals surface area (Å²) in [6.45, 7) is 5.32. The molecule has 4 nitrogen and oxygen atoms in total. The van der Waals surface area contributed by atoms with E-state index in [1.54, 1.807) is 6.21 Å². The molecule has 0 saturated carbocycles. The van der Waals surface area contributed by atoms with Crippen molar-refractivity contribution in [3.8, 4) is 5.75 Å². The number of hydrogen-bond acceptors (Lipinski definition) is 3. The fourth-order valence-corrected chi connectivity index (χ4v) is 2.93. The topological polar surface area (TPSA) is 45.7 Å². The first-order chi connectivity index (χ1) is 13.2. The van der Waals surface area contributed by atoms with Crippen LogP contribution >= 0.6 is 12.2 Å². The molecular formula is C22H23N3OS. The van der Waals surface area contributed by atoms with Crippen LogP contribution in [0.2, 0.25) is 0 Å². The van der Waals surface area contributed by atoms with Crippen molar-refractivity contribution < 1.29 is 4.74 Å². The molecule has 0 amide bonds. The normalized spacial score (nSPS) is 10.9. The van der Waals surface area contributed by atoms with Gasteiger partial charge in [0.05, 0.1) is 6.21 Å². The van der Waals surface area contributed by atoms with Crippen LogP contribution < -0.4 is 15.5 Å². The quantitative estimate of drug-likeness (QED) is 0.376. The number of nitrogens with zero attached hydrogens (tertiary/aromatic N) is 1. The average molecular weight is 378 g/mol. The maximum absolute atomic E-state index is 6.11. The van der Waals surface area contributed by atoms with E-state index in [1.807, 2.05) is 25.1 Å². The number of aryl methyl sites for hydroxylation is 1. The first-order valence-electron chi connectivity index (χ1n) is 8.94. The maximum atomic E-state index is 6.11. The van der Waals surface area contributed by atoms with Crippen molar-refractivity contribution in [3.05, 3.63) is 77.4 Å². The van der Waals surface area contributed by atoms with E-state index in [-0.39, 0.29) is 0 Å². The van der Waals surface area contributed by atoms with E-state index < -0.39 is 0 Å². The van der Waals surface area contributed by atoms with Crippen LogP contribution in [0.1, 0.15) is 23.6 Å². The van der Waals surface area contributed by atoms with Crippen LogP contribution in [0.4, 0.5) is 0 Å². The molecule has 0 aliphatic carbocycles. The van der Waals surface area contributed by atoms with Gasteiger partial charge in [-0.1, -0.05) is 60.2 Å². The SMILES string of the molecule is CCNC(=S)N/N=C\c1c(OCc2ccc(C)cc2)ccc2ccccc12. The number of thiocarbonyl (C=S) groups is 1. The van der Waals surface area contributed by atoms with Gasteiger partial charge in [-0.2, -0.15) is 5.10 Å². The number of nitrogens with one attached hydrogen (secondary N) is 2. The molecular weight excluding hydrogens is 354 g/mol. The van der Waals surface area contributed by atoms with Crippen LogP contribution in [0.5, 0.6) is 5.75 Å². The molecule has 27 heavy (non-hydrogen) atoms. The van der Waals surface area contributed by atoms with Gasteiger partial charge >= 0.3 is 0 Å². The largest absolute Gasteiger partial charge is 0.488 e. The average Bonchev–Trinajstić information content (AvgIpc) is 2.68. The van der Waals surface area contributed by atoms with Crippen molar-refractivity contribution in [2.75, 3.05) is 6.54 Å². The number of hydrogen-bond donors (Lipinski definition) is 2. The van der Waals surface area contributed by atoms with Gasteiger partial charge in [-0.25, -0.2) is 0 Å². The summed E-state index contributed by atoms with van der Waals surface area (Å²) in [5, 5.41) is 10.0. The number of ether oxygens (including phenoxy) is 1. The summed E-state index contributed by atoms with van der Waals surface area (Å²) < 4.78 is 6.11. The van der Waals surface area contributed by atoms with Gasteiger partial charge in [-0.15, -0.1) is 0 Å². The summed E-state index contributed by atoms with van der Waals surface area (Å²) in [5.41, 5.74) is 6.13. The second kappa shape index (κ2) is 9.14. The Labute approximate surface area is 165 Å². The fourth-order valence-electron chi connectivity index (χ4n) is 2.74. The Hall–Kier alpha value is -2.92. The van der Waals surface area contributed by atoms with Crippen molar-refractivity contribution >= 4 is 34.3 Å². The Kier molecular flexibility index (Phi) is 6.39. The molecule has 0 bridgehead atoms. The van der Waals surface area contributed by atoms with Crippen LogP contribution in [0.15, 0.2) is 65.8 Å². The molecule has 0 saturated heterocycles. The van der Waals surface area contributed by atoms with Crippen molar-refractivity contribution in [2.45, 2.75) is 20.5 Å². The number of fused-ring (bicyclic) bond motifs is 1. The van der Waals surface area contributed by atoms with E-state index in [0.717, 1.165) is 34.2 Å². The lowest BCUT2D eigenvalue weighted by molar-refractivity contribution is 0.306. The molecule has 3 rings (SSSR count). The van der Waals surface area contributed by atoms with Gasteiger partial charge in [0.25, 0.3) is 0 Å². The zero-order valence-corrected chi connectivity index (χ0v) is 16.3. The summed E-state index contributed by atoms with van der Waals surface area (Å²) in [6, 6.07) is 20.6. The standard InChI is InChI=1S/C22H23N3OS/c1-3-23-22(27)25-24-14-20-19-7-5-4-6-18(19)12-13-21(20)26-15-17-10-8-16(2)9-11-17/h4-14H,3,15H2,1-2H3,(H2,23,25,27)/b24-14-. The summed E-state index contributed by atoms with van der Waals surface area (Å²) in [5.74, 6) is 0.786. The lowest BCUT2D eigenvalue weighted by Gasteiger charge is -2.12. The Bertz CT molecular complexity index is 951. The smallest absolute Gasteiger partial charge is 0.186 e. The minimum Gasteiger partial charge on any atom is -0.488 e. The fraction of sp³-hybridized carbons (Fsp3) is 0.182. The first-order valence-corrected chi connectivity index (χ1v) is 9.35. The molecule has 2 N–H and O–H groups in total. The number of benzene rings is 3. The van der Waals surface area contributed by atoms with Gasteiger partial charge in [0, 0.05) is 12.1 Å². The molecule has 0 fully saturated rings. The second-order valence-electron chi connectivity index (χ2n) is 6.20. The van der Waals surface area contributed by atoms with Gasteiger partial charge < -0.3 is 10.1 Å². The zero-order valence-electron chi connectivity index (χ0n) is 15.5. The molecule has 3 aromatic rings. The summed E-state index contributed by atoms with van der Waals surface area (Å²) in [7, 11) is 0. The molecule has 3 aromatic carbocycles. The van der Waals surface area contributed by atoms with Crippen molar-refractivity contribution in [3.63, 3.8) is 0 Å². The molecule has 5 heteroatoms. The third kappa shape index (κ3) is 5.05. The van der Waals surface area contributed by atoms with Crippen LogP contribution in [0, 0.1) is 6.92 Å². The summed E-state index contributed by atoms with van der Waals surface area (Å²) in [6.07, 6.45) is 1.76. The molecule has 0 aromatic heterocycles. The molecule has 0 heterocycles. The van der Waals surface area contributed by atoms with Gasteiger partial charge in [-0.3, -0.25) is 5.43 Å². The minimum atomic E-state index is 0.496. The monoisotopic (exact) mass is 377 g/mol. The highest BCUT2D eigenvalue weighted by molar-refractivity contribution is 7.80. The van der Waals surface area contributed by atoms with Crippen LogP contribution in [-0.4, -0.2) is 17.9 Å². The number of rotatable bonds is 6. The highest BCUT2D eigenvalue weighted by atomic mass is 32.1. The van der Waals surface area contributed by atoms with Gasteiger partial charge in [0.15, 0.2) is 5.11 Å². The Morgan fingerprint density at radius 2 is 1.85 bits per heavy atom. The molecule has 0 aliphatic heterocycles. The Balaban J connectivity index is 1.85. The zero-order chi connectivity index (χ0) is 19.1. The lowest BCUT2D eigenvalue weighted by atomic mass is 10.0. The van der Waals surface area contributed by atoms with Crippen molar-refractivity contribution in [2.24, 2.45) is 5.10 Å². The molecule has 0 unspecified atom stereocenters. The van der Waals surface area contributed by atoms with Crippen molar-refractivity contribution in [1.82, 2.24) is 10.7 Å². The predicted octanol–water partition coefficient (Wildman–Crippen LogP) is 4.55. The van der Waals surface area contributed by atoms with E-state index >= 15 is 0 Å². The minimum absolute atomic E-state index is 0.496. The Morgan fingerprint density at radius 3 is 2.63 bits per heavy atom. The number of hydrazone groups is 1. The van der Waals surface area contributed by atoms with Crippen LogP contribution in [0.25, 0.3) is 10.8 Å². The highest BCUT2D eigenvalue weighted by Gasteiger charge is 2.08. The van der Waals surface area contributed by atoms with E-state index in [9.17, 15) is 0 Å². The summed E-state index contributed by atoms with van der Waals surface area (Å²) in [4.78, 5) is 0. The van der Waals surface area contributed by atoms with Gasteiger partial charge in [0.2, 0.25) is 0 Å². The van der Waals surface area contributed by atoms with E-state index in [4.69, 9.17) is 17.0 Å². The Morgan fingerprint density at radius 1 is 1.07 bits per heavy atom. The molecule has 0 spiro atoms. The first kappa shape index (κ1) is 18.9. The van der Waals surface area contributed by atoms with Gasteiger partial charge in [0.1, 0.15) is 12.4 Å². The molecule has 0 atom stereocenters.